The molecule has 1 heterocycles. The third-order valence-electron chi connectivity index (χ3n) is 5.00. The fourth-order valence-electron chi connectivity index (χ4n) is 3.35. The molecule has 0 aromatic heterocycles. The smallest absolute Gasteiger partial charge is 0.191 e. The number of nitrogens with one attached hydrogen (secondary N) is 2. The molecule has 28 heavy (non-hydrogen) atoms. The van der Waals surface area contributed by atoms with E-state index in [2.05, 4.69) is 44.8 Å². The first-order valence-corrected chi connectivity index (χ1v) is 10.6. The summed E-state index contributed by atoms with van der Waals surface area (Å²) < 4.78 is 10.4. The Labute approximate surface area is 170 Å². The Morgan fingerprint density at radius 2 is 1.68 bits per heavy atom. The van der Waals surface area contributed by atoms with E-state index in [1.165, 1.54) is 49.9 Å². The molecular formula is C22H38N4O2. The molecule has 1 aliphatic rings. The van der Waals surface area contributed by atoms with Gasteiger partial charge in [-0.15, -0.1) is 0 Å². The van der Waals surface area contributed by atoms with Crippen LogP contribution in [0.25, 0.3) is 0 Å². The Bertz CT molecular complexity index is 540. The molecule has 1 aliphatic heterocycles. The molecule has 0 bridgehead atoms. The van der Waals surface area contributed by atoms with Crippen molar-refractivity contribution in [2.45, 2.75) is 45.2 Å². The molecule has 0 atom stereocenters. The van der Waals surface area contributed by atoms with Crippen LogP contribution in [0.2, 0.25) is 0 Å². The maximum Gasteiger partial charge on any atom is 0.191 e. The lowest BCUT2D eigenvalue weighted by Crippen LogP contribution is -2.37. The van der Waals surface area contributed by atoms with Gasteiger partial charge in [0.2, 0.25) is 0 Å². The van der Waals surface area contributed by atoms with E-state index in [0.29, 0.717) is 13.2 Å². The van der Waals surface area contributed by atoms with E-state index >= 15 is 0 Å². The highest BCUT2D eigenvalue weighted by Crippen LogP contribution is 2.13. The van der Waals surface area contributed by atoms with Crippen LogP contribution in [0.5, 0.6) is 0 Å². The summed E-state index contributed by atoms with van der Waals surface area (Å²) in [6, 6.07) is 8.96. The first-order chi connectivity index (χ1) is 13.8. The third-order valence-corrected chi connectivity index (χ3v) is 5.00. The molecular weight excluding hydrogens is 352 g/mol. The molecule has 0 unspecified atom stereocenters. The Kier molecular flexibility index (Phi) is 11.6. The molecule has 2 N–H and O–H groups in total. The van der Waals surface area contributed by atoms with Crippen LogP contribution in [0.15, 0.2) is 29.3 Å². The average molecular weight is 391 g/mol. The Morgan fingerprint density at radius 3 is 2.36 bits per heavy atom. The molecule has 6 nitrogen and oxygen atoms in total. The number of rotatable bonds is 11. The van der Waals surface area contributed by atoms with Gasteiger partial charge in [-0.1, -0.05) is 37.1 Å². The maximum atomic E-state index is 5.46. The van der Waals surface area contributed by atoms with Gasteiger partial charge in [0.25, 0.3) is 0 Å². The lowest BCUT2D eigenvalue weighted by molar-refractivity contribution is 0.0698. The normalized spacial score (nSPS) is 16.0. The highest BCUT2D eigenvalue weighted by Gasteiger charge is 2.09. The first-order valence-electron chi connectivity index (χ1n) is 10.6. The SMILES string of the molecule is CN=C(NCCCOCCOC)NCc1ccc(CN2CCCCCC2)cc1. The minimum absolute atomic E-state index is 0.646. The molecule has 0 spiro atoms. The number of nitrogens with zero attached hydrogens (tertiary/aromatic N) is 2. The van der Waals surface area contributed by atoms with Crippen LogP contribution in [0.4, 0.5) is 0 Å². The monoisotopic (exact) mass is 390 g/mol. The van der Waals surface area contributed by atoms with Gasteiger partial charge in [-0.3, -0.25) is 9.89 Å². The van der Waals surface area contributed by atoms with E-state index < -0.39 is 0 Å². The summed E-state index contributed by atoms with van der Waals surface area (Å²) in [5, 5.41) is 6.70. The van der Waals surface area contributed by atoms with Gasteiger partial charge in [0, 0.05) is 40.4 Å². The average Bonchev–Trinajstić information content (AvgIpc) is 2.99. The van der Waals surface area contributed by atoms with Gasteiger partial charge >= 0.3 is 0 Å². The Hall–Kier alpha value is -1.63. The van der Waals surface area contributed by atoms with Gasteiger partial charge in [-0.25, -0.2) is 0 Å². The summed E-state index contributed by atoms with van der Waals surface area (Å²) in [6.07, 6.45) is 6.39. The van der Waals surface area contributed by atoms with Crippen molar-refractivity contribution < 1.29 is 9.47 Å². The standard InChI is InChI=1S/C22H38N4O2/c1-23-22(24-12-7-15-28-17-16-27-2)25-18-20-8-10-21(11-9-20)19-26-13-5-3-4-6-14-26/h8-11H,3-7,12-19H2,1-2H3,(H2,23,24,25). The highest BCUT2D eigenvalue weighted by molar-refractivity contribution is 5.79. The van der Waals surface area contributed by atoms with E-state index in [1.807, 2.05) is 0 Å². The van der Waals surface area contributed by atoms with Gasteiger partial charge in [0.15, 0.2) is 5.96 Å². The number of benzene rings is 1. The van der Waals surface area contributed by atoms with Crippen molar-refractivity contribution in [2.24, 2.45) is 4.99 Å². The lowest BCUT2D eigenvalue weighted by Gasteiger charge is -2.20. The van der Waals surface area contributed by atoms with Crippen LogP contribution in [-0.4, -0.2) is 64.5 Å². The van der Waals surface area contributed by atoms with Crippen LogP contribution in [0.1, 0.15) is 43.2 Å². The predicted octanol–water partition coefficient (Wildman–Crippen LogP) is 2.78. The number of likely N-dealkylation sites (tertiary alicyclic amines) is 1. The lowest BCUT2D eigenvalue weighted by atomic mass is 10.1. The van der Waals surface area contributed by atoms with Crippen LogP contribution in [0, 0.1) is 0 Å². The highest BCUT2D eigenvalue weighted by atomic mass is 16.5. The summed E-state index contributed by atoms with van der Waals surface area (Å²) in [5.41, 5.74) is 2.67. The summed E-state index contributed by atoms with van der Waals surface area (Å²) in [7, 11) is 3.48. The number of hydrogen-bond donors (Lipinski definition) is 2. The molecule has 0 saturated carbocycles. The molecule has 0 amide bonds. The minimum Gasteiger partial charge on any atom is -0.382 e. The zero-order chi connectivity index (χ0) is 19.9. The van der Waals surface area contributed by atoms with E-state index in [1.54, 1.807) is 14.2 Å². The number of hydrogen-bond acceptors (Lipinski definition) is 4. The minimum atomic E-state index is 0.646. The second-order valence-electron chi connectivity index (χ2n) is 7.32. The van der Waals surface area contributed by atoms with Gasteiger partial charge in [-0.05, 0) is 43.5 Å². The number of methoxy groups -OCH3 is 1. The second-order valence-corrected chi connectivity index (χ2v) is 7.32. The van der Waals surface area contributed by atoms with Crippen molar-refractivity contribution in [3.05, 3.63) is 35.4 Å². The van der Waals surface area contributed by atoms with Crippen molar-refractivity contribution in [3.8, 4) is 0 Å². The van der Waals surface area contributed by atoms with Crippen LogP contribution in [0.3, 0.4) is 0 Å². The molecule has 2 rings (SSSR count). The summed E-state index contributed by atoms with van der Waals surface area (Å²) in [5.74, 6) is 0.825. The van der Waals surface area contributed by atoms with Crippen LogP contribution in [-0.2, 0) is 22.6 Å². The first kappa shape index (κ1) is 22.7. The van der Waals surface area contributed by atoms with Crippen molar-refractivity contribution in [1.82, 2.24) is 15.5 Å². The van der Waals surface area contributed by atoms with Gasteiger partial charge in [0.05, 0.1) is 13.2 Å². The second kappa shape index (κ2) is 14.4. The molecule has 1 aromatic carbocycles. The molecule has 6 heteroatoms. The summed E-state index contributed by atoms with van der Waals surface area (Å²) in [6.45, 7) is 7.18. The molecule has 0 radical (unpaired) electrons. The number of ether oxygens (including phenoxy) is 2. The number of aliphatic imine (C=N–C) groups is 1. The fraction of sp³-hybridized carbons (Fsp3) is 0.682. The molecule has 1 aromatic rings. The zero-order valence-corrected chi connectivity index (χ0v) is 17.7. The van der Waals surface area contributed by atoms with Crippen molar-refractivity contribution in [3.63, 3.8) is 0 Å². The van der Waals surface area contributed by atoms with E-state index in [0.717, 1.165) is 38.6 Å². The summed E-state index contributed by atoms with van der Waals surface area (Å²) in [4.78, 5) is 6.87. The maximum absolute atomic E-state index is 5.46. The van der Waals surface area contributed by atoms with E-state index in [9.17, 15) is 0 Å². The Balaban J connectivity index is 1.64. The summed E-state index contributed by atoms with van der Waals surface area (Å²) >= 11 is 0. The van der Waals surface area contributed by atoms with Crippen LogP contribution < -0.4 is 10.6 Å². The van der Waals surface area contributed by atoms with Gasteiger partial charge in [-0.2, -0.15) is 0 Å². The van der Waals surface area contributed by atoms with Crippen molar-refractivity contribution in [2.75, 3.05) is 53.6 Å². The van der Waals surface area contributed by atoms with Crippen molar-refractivity contribution in [1.29, 1.82) is 0 Å². The van der Waals surface area contributed by atoms with E-state index in [4.69, 9.17) is 9.47 Å². The number of guanidine groups is 1. The third kappa shape index (κ3) is 9.53. The topological polar surface area (TPSA) is 58.1 Å². The Morgan fingerprint density at radius 1 is 0.964 bits per heavy atom. The molecule has 158 valence electrons. The fourth-order valence-corrected chi connectivity index (χ4v) is 3.35. The molecule has 0 aliphatic carbocycles. The zero-order valence-electron chi connectivity index (χ0n) is 17.7. The largest absolute Gasteiger partial charge is 0.382 e. The molecule has 1 fully saturated rings. The molecule has 1 saturated heterocycles. The van der Waals surface area contributed by atoms with Crippen LogP contribution >= 0.6 is 0 Å². The van der Waals surface area contributed by atoms with Crippen molar-refractivity contribution >= 4 is 5.96 Å². The quantitative estimate of drug-likeness (QED) is 0.346. The van der Waals surface area contributed by atoms with Gasteiger partial charge in [0.1, 0.15) is 0 Å². The van der Waals surface area contributed by atoms with Gasteiger partial charge < -0.3 is 20.1 Å². The predicted molar refractivity (Wildman–Crippen MR) is 116 cm³/mol. The van der Waals surface area contributed by atoms with E-state index in [-0.39, 0.29) is 0 Å².